The van der Waals surface area contributed by atoms with Crippen LogP contribution < -0.4 is 20.1 Å². The van der Waals surface area contributed by atoms with Gasteiger partial charge in [-0.15, -0.1) is 0 Å². The van der Waals surface area contributed by atoms with Crippen LogP contribution in [-0.2, 0) is 14.3 Å². The maximum absolute atomic E-state index is 12.7. The van der Waals surface area contributed by atoms with Crippen LogP contribution in [0, 0.1) is 0 Å². The zero-order valence-electron chi connectivity index (χ0n) is 18.4. The van der Waals surface area contributed by atoms with Gasteiger partial charge >= 0.3 is 0 Å². The van der Waals surface area contributed by atoms with Crippen molar-refractivity contribution in [3.63, 3.8) is 0 Å². The molecule has 1 spiro atoms. The first-order valence-electron chi connectivity index (χ1n) is 11.2. The average molecular weight is 432 g/mol. The second-order valence-corrected chi connectivity index (χ2v) is 8.80. The number of morpholine rings is 1. The monoisotopic (exact) mass is 431 g/mol. The van der Waals surface area contributed by atoms with Gasteiger partial charge in [0.05, 0.1) is 34.0 Å². The number of carbonyl (C=O) groups is 2. The third kappa shape index (κ3) is 4.80. The van der Waals surface area contributed by atoms with E-state index in [1.165, 1.54) is 0 Å². The Morgan fingerprint density at radius 2 is 2.00 bits per heavy atom. The van der Waals surface area contributed by atoms with Crippen LogP contribution in [-0.4, -0.2) is 75.4 Å². The smallest absolute Gasteiger partial charge is 0.234 e. The van der Waals surface area contributed by atoms with Gasteiger partial charge in [-0.1, -0.05) is 6.07 Å². The fraction of sp³-hybridized carbons (Fsp3) is 0.652. The number of carbonyl (C=O) groups excluding carboxylic acids is 2. The Labute approximate surface area is 183 Å². The molecule has 3 aliphatic rings. The molecule has 2 saturated heterocycles. The van der Waals surface area contributed by atoms with E-state index in [0.29, 0.717) is 37.7 Å². The summed E-state index contributed by atoms with van der Waals surface area (Å²) in [4.78, 5) is 27.0. The van der Waals surface area contributed by atoms with Gasteiger partial charge in [0, 0.05) is 37.0 Å². The molecule has 1 aromatic rings. The zero-order chi connectivity index (χ0) is 21.8. The number of methoxy groups -OCH3 is 2. The van der Waals surface area contributed by atoms with E-state index in [4.69, 9.17) is 14.2 Å². The van der Waals surface area contributed by atoms with Crippen LogP contribution in [0.2, 0.25) is 0 Å². The van der Waals surface area contributed by atoms with E-state index in [0.717, 1.165) is 44.3 Å². The van der Waals surface area contributed by atoms with Crippen LogP contribution in [0.1, 0.15) is 43.6 Å². The van der Waals surface area contributed by atoms with Crippen molar-refractivity contribution in [2.45, 2.75) is 49.6 Å². The van der Waals surface area contributed by atoms with E-state index in [9.17, 15) is 9.59 Å². The molecule has 31 heavy (non-hydrogen) atoms. The summed E-state index contributed by atoms with van der Waals surface area (Å²) in [7, 11) is 3.25. The normalized spacial score (nSPS) is 28.9. The van der Waals surface area contributed by atoms with Gasteiger partial charge in [-0.05, 0) is 43.4 Å². The van der Waals surface area contributed by atoms with Gasteiger partial charge in [0.1, 0.15) is 0 Å². The molecule has 8 nitrogen and oxygen atoms in total. The lowest BCUT2D eigenvalue weighted by Gasteiger charge is -2.45. The molecule has 3 atom stereocenters. The van der Waals surface area contributed by atoms with E-state index in [2.05, 4.69) is 21.6 Å². The zero-order valence-corrected chi connectivity index (χ0v) is 18.4. The quantitative estimate of drug-likeness (QED) is 0.709. The van der Waals surface area contributed by atoms with E-state index >= 15 is 0 Å². The van der Waals surface area contributed by atoms with E-state index < -0.39 is 0 Å². The molecule has 0 aromatic heterocycles. The predicted octanol–water partition coefficient (Wildman–Crippen LogP) is 1.44. The Kier molecular flexibility index (Phi) is 6.67. The van der Waals surface area contributed by atoms with E-state index in [-0.39, 0.29) is 29.3 Å². The lowest BCUT2D eigenvalue weighted by atomic mass is 9.67. The molecule has 1 saturated carbocycles. The fourth-order valence-electron chi connectivity index (χ4n) is 5.31. The van der Waals surface area contributed by atoms with Crippen molar-refractivity contribution >= 4 is 11.8 Å². The largest absolute Gasteiger partial charge is 0.493 e. The maximum Gasteiger partial charge on any atom is 0.234 e. The van der Waals surface area contributed by atoms with Crippen molar-refractivity contribution in [2.24, 2.45) is 0 Å². The van der Waals surface area contributed by atoms with Crippen molar-refractivity contribution in [1.82, 2.24) is 15.5 Å². The highest BCUT2D eigenvalue weighted by atomic mass is 16.5. The molecule has 8 heteroatoms. The summed E-state index contributed by atoms with van der Waals surface area (Å²) in [5, 5.41) is 6.52. The van der Waals surface area contributed by atoms with Crippen molar-refractivity contribution in [1.29, 1.82) is 0 Å². The highest BCUT2D eigenvalue weighted by Crippen LogP contribution is 2.47. The number of amides is 2. The Morgan fingerprint density at radius 1 is 1.23 bits per heavy atom. The van der Waals surface area contributed by atoms with Crippen LogP contribution >= 0.6 is 0 Å². The fourth-order valence-corrected chi connectivity index (χ4v) is 5.31. The molecule has 2 amide bonds. The van der Waals surface area contributed by atoms with Crippen LogP contribution in [0.3, 0.4) is 0 Å². The van der Waals surface area contributed by atoms with Crippen LogP contribution in [0.4, 0.5) is 0 Å². The molecule has 1 aliphatic carbocycles. The first kappa shape index (κ1) is 21.9. The number of hydrogen-bond donors (Lipinski definition) is 2. The highest BCUT2D eigenvalue weighted by Gasteiger charge is 2.48. The summed E-state index contributed by atoms with van der Waals surface area (Å²) < 4.78 is 16.3. The van der Waals surface area contributed by atoms with Gasteiger partial charge in [-0.2, -0.15) is 0 Å². The van der Waals surface area contributed by atoms with Crippen molar-refractivity contribution in [3.8, 4) is 11.5 Å². The minimum Gasteiger partial charge on any atom is -0.493 e. The number of rotatable bonds is 6. The summed E-state index contributed by atoms with van der Waals surface area (Å²) in [6.45, 7) is 3.35. The average Bonchev–Trinajstić information content (AvgIpc) is 3.16. The Bertz CT molecular complexity index is 810. The Hall–Kier alpha value is -2.32. The summed E-state index contributed by atoms with van der Waals surface area (Å²) in [5.41, 5.74) is 0.842. The van der Waals surface area contributed by atoms with Gasteiger partial charge in [0.25, 0.3) is 0 Å². The summed E-state index contributed by atoms with van der Waals surface area (Å²) in [6, 6.07) is 6.05. The maximum atomic E-state index is 12.7. The number of nitrogens with one attached hydrogen (secondary N) is 2. The van der Waals surface area contributed by atoms with Crippen molar-refractivity contribution < 1.29 is 23.8 Å². The lowest BCUT2D eigenvalue weighted by Crippen LogP contribution is -2.54. The predicted molar refractivity (Wildman–Crippen MR) is 115 cm³/mol. The van der Waals surface area contributed by atoms with Gasteiger partial charge in [-0.25, -0.2) is 0 Å². The molecule has 4 rings (SSSR count). The number of nitrogens with zero attached hydrogens (tertiary/aromatic N) is 1. The minimum atomic E-state index is -0.262. The topological polar surface area (TPSA) is 89.1 Å². The van der Waals surface area contributed by atoms with Crippen molar-refractivity contribution in [2.75, 3.05) is 47.1 Å². The van der Waals surface area contributed by atoms with Gasteiger partial charge in [-0.3, -0.25) is 14.5 Å². The standard InChI is InChI=1S/C23H33N3O5/c1-29-19-4-3-16(13-20(19)30-2)18-14-17(5-7-23(18)8-6-21(27)25-23)24-22(28)15-26-9-11-31-12-10-26/h3-4,13,17-18H,5-12,14-15H2,1-2H3,(H,24,28)(H,25,27)/t17-,18+,23-/m0/s1. The summed E-state index contributed by atoms with van der Waals surface area (Å²) >= 11 is 0. The molecule has 0 radical (unpaired) electrons. The molecule has 2 heterocycles. The molecule has 3 fully saturated rings. The highest BCUT2D eigenvalue weighted by molar-refractivity contribution is 5.80. The molecule has 170 valence electrons. The van der Waals surface area contributed by atoms with Crippen LogP contribution in [0.5, 0.6) is 11.5 Å². The molecule has 0 bridgehead atoms. The minimum absolute atomic E-state index is 0.0596. The van der Waals surface area contributed by atoms with Crippen LogP contribution in [0.25, 0.3) is 0 Å². The van der Waals surface area contributed by atoms with Gasteiger partial charge < -0.3 is 24.8 Å². The first-order chi connectivity index (χ1) is 15.0. The molecule has 1 aromatic carbocycles. The number of hydrogen-bond acceptors (Lipinski definition) is 6. The SMILES string of the molecule is COc1ccc([C@H]2C[C@@H](NC(=O)CN3CCOCC3)CC[C@]23CCC(=O)N3)cc1OC. The molecular formula is C23H33N3O5. The second-order valence-electron chi connectivity index (χ2n) is 8.80. The Morgan fingerprint density at radius 3 is 2.68 bits per heavy atom. The number of benzene rings is 1. The first-order valence-corrected chi connectivity index (χ1v) is 11.2. The Balaban J connectivity index is 1.50. The molecular weight excluding hydrogens is 398 g/mol. The third-order valence-electron chi connectivity index (χ3n) is 6.96. The van der Waals surface area contributed by atoms with E-state index in [1.807, 2.05) is 12.1 Å². The molecule has 0 unspecified atom stereocenters. The van der Waals surface area contributed by atoms with Crippen molar-refractivity contribution in [3.05, 3.63) is 23.8 Å². The molecule has 2 aliphatic heterocycles. The summed E-state index contributed by atoms with van der Waals surface area (Å²) in [5.74, 6) is 1.63. The number of ether oxygens (including phenoxy) is 3. The van der Waals surface area contributed by atoms with Gasteiger partial charge in [0.15, 0.2) is 11.5 Å². The second kappa shape index (κ2) is 9.44. The summed E-state index contributed by atoms with van der Waals surface area (Å²) in [6.07, 6.45) is 3.86. The van der Waals surface area contributed by atoms with Crippen LogP contribution in [0.15, 0.2) is 18.2 Å². The molecule has 2 N–H and O–H groups in total. The lowest BCUT2D eigenvalue weighted by molar-refractivity contribution is -0.124. The van der Waals surface area contributed by atoms with Gasteiger partial charge in [0.2, 0.25) is 11.8 Å². The van der Waals surface area contributed by atoms with E-state index in [1.54, 1.807) is 14.2 Å². The third-order valence-corrected chi connectivity index (χ3v) is 6.96.